The third-order valence-electron chi connectivity index (χ3n) is 3.75. The number of nitrogens with one attached hydrogen (secondary N) is 1. The number of rotatable bonds is 6. The minimum absolute atomic E-state index is 0.115. The van der Waals surface area contributed by atoms with E-state index in [9.17, 15) is 4.79 Å². The number of para-hydroxylation sites is 1. The van der Waals surface area contributed by atoms with E-state index >= 15 is 0 Å². The number of aromatic nitrogens is 3. The molecule has 0 aliphatic carbocycles. The van der Waals surface area contributed by atoms with Crippen molar-refractivity contribution in [2.24, 2.45) is 0 Å². The molecule has 0 aliphatic rings. The number of benzene rings is 2. The topological polar surface area (TPSA) is 78.3 Å². The zero-order valence-corrected chi connectivity index (χ0v) is 15.0. The Bertz CT molecular complexity index is 913. The van der Waals surface area contributed by atoms with Gasteiger partial charge in [0.1, 0.15) is 29.8 Å². The first-order chi connectivity index (χ1) is 12.6. The number of hydrogen-bond donors (Lipinski definition) is 1. The van der Waals surface area contributed by atoms with Crippen molar-refractivity contribution in [3.8, 4) is 17.2 Å². The Morgan fingerprint density at radius 2 is 2.08 bits per heavy atom. The molecule has 3 rings (SSSR count). The lowest BCUT2D eigenvalue weighted by molar-refractivity contribution is -0.115. The van der Waals surface area contributed by atoms with Gasteiger partial charge >= 0.3 is 0 Å². The largest absolute Gasteiger partial charge is 0.497 e. The molecule has 0 atom stereocenters. The van der Waals surface area contributed by atoms with E-state index in [1.807, 2.05) is 0 Å². The summed E-state index contributed by atoms with van der Waals surface area (Å²) in [5, 5.41) is 7.40. The highest BCUT2D eigenvalue weighted by Crippen LogP contribution is 2.29. The average Bonchev–Trinajstić information content (AvgIpc) is 3.15. The number of hydrogen-bond acceptors (Lipinski definition) is 5. The van der Waals surface area contributed by atoms with E-state index in [0.717, 1.165) is 0 Å². The molecule has 8 heteroatoms. The van der Waals surface area contributed by atoms with Crippen molar-refractivity contribution in [2.75, 3.05) is 19.5 Å². The van der Waals surface area contributed by atoms with E-state index in [4.69, 9.17) is 21.1 Å². The van der Waals surface area contributed by atoms with Crippen LogP contribution in [0.4, 0.5) is 5.69 Å². The van der Waals surface area contributed by atoms with Crippen LogP contribution in [-0.4, -0.2) is 34.9 Å². The first kappa shape index (κ1) is 17.8. The zero-order chi connectivity index (χ0) is 18.5. The molecule has 0 saturated heterocycles. The van der Waals surface area contributed by atoms with E-state index in [1.54, 1.807) is 50.6 Å². The maximum Gasteiger partial charge on any atom is 0.229 e. The molecular weight excluding hydrogens is 356 g/mol. The number of amides is 1. The molecule has 1 amide bonds. The highest BCUT2D eigenvalue weighted by atomic mass is 35.5. The molecule has 0 radical (unpaired) electrons. The van der Waals surface area contributed by atoms with Gasteiger partial charge in [-0.1, -0.05) is 17.7 Å². The first-order valence-electron chi connectivity index (χ1n) is 7.76. The minimum Gasteiger partial charge on any atom is -0.497 e. The van der Waals surface area contributed by atoms with Gasteiger partial charge in [0, 0.05) is 5.56 Å². The first-order valence-corrected chi connectivity index (χ1v) is 8.14. The van der Waals surface area contributed by atoms with Gasteiger partial charge in [-0.05, 0) is 30.3 Å². The second kappa shape index (κ2) is 7.88. The van der Waals surface area contributed by atoms with Gasteiger partial charge in [-0.25, -0.2) is 9.67 Å². The lowest BCUT2D eigenvalue weighted by Crippen LogP contribution is -2.17. The number of carbonyl (C=O) groups is 1. The summed E-state index contributed by atoms with van der Waals surface area (Å²) in [7, 11) is 3.13. The van der Waals surface area contributed by atoms with Crippen LogP contribution in [0.15, 0.2) is 49.1 Å². The van der Waals surface area contributed by atoms with Crippen LogP contribution in [-0.2, 0) is 11.2 Å². The molecule has 0 saturated carbocycles. The van der Waals surface area contributed by atoms with Gasteiger partial charge in [0.2, 0.25) is 5.91 Å². The van der Waals surface area contributed by atoms with Gasteiger partial charge < -0.3 is 14.8 Å². The molecule has 26 heavy (non-hydrogen) atoms. The molecule has 0 unspecified atom stereocenters. The summed E-state index contributed by atoms with van der Waals surface area (Å²) in [6.45, 7) is 0. The van der Waals surface area contributed by atoms with Crippen molar-refractivity contribution < 1.29 is 14.3 Å². The number of anilines is 1. The molecule has 1 aromatic heterocycles. The highest BCUT2D eigenvalue weighted by molar-refractivity contribution is 6.33. The van der Waals surface area contributed by atoms with Gasteiger partial charge in [0.05, 0.1) is 31.4 Å². The number of halogens is 1. The van der Waals surface area contributed by atoms with Crippen LogP contribution < -0.4 is 14.8 Å². The van der Waals surface area contributed by atoms with Crippen LogP contribution in [0.25, 0.3) is 5.69 Å². The van der Waals surface area contributed by atoms with Crippen LogP contribution in [0.1, 0.15) is 5.56 Å². The van der Waals surface area contributed by atoms with Gasteiger partial charge in [-0.3, -0.25) is 4.79 Å². The zero-order valence-electron chi connectivity index (χ0n) is 14.3. The summed E-state index contributed by atoms with van der Waals surface area (Å²) in [6, 6.07) is 10.5. The molecule has 1 N–H and O–H groups in total. The summed E-state index contributed by atoms with van der Waals surface area (Å²) in [4.78, 5) is 16.5. The fraction of sp³-hybridized carbons (Fsp3) is 0.167. The van der Waals surface area contributed by atoms with Crippen LogP contribution in [0, 0.1) is 0 Å². The fourth-order valence-corrected chi connectivity index (χ4v) is 2.82. The Labute approximate surface area is 155 Å². The predicted molar refractivity (Wildman–Crippen MR) is 98.2 cm³/mol. The molecule has 1 heterocycles. The lowest BCUT2D eigenvalue weighted by Gasteiger charge is -2.14. The Morgan fingerprint density at radius 1 is 1.23 bits per heavy atom. The minimum atomic E-state index is -0.222. The maximum absolute atomic E-state index is 12.6. The average molecular weight is 373 g/mol. The Morgan fingerprint density at radius 3 is 2.77 bits per heavy atom. The standard InChI is InChI=1S/C18H17ClN4O3/c1-25-13-6-7-16(26-2)12(8-13)9-17(24)22-15-5-3-4-14(19)18(15)23-11-20-10-21-23/h3-8,10-11H,9H2,1-2H3,(H,22,24). The Kier molecular flexibility index (Phi) is 5.38. The van der Waals surface area contributed by atoms with E-state index in [-0.39, 0.29) is 12.3 Å². The van der Waals surface area contributed by atoms with Gasteiger partial charge in [-0.15, -0.1) is 0 Å². The molecule has 3 aromatic rings. The summed E-state index contributed by atoms with van der Waals surface area (Å²) in [5.74, 6) is 1.04. The van der Waals surface area contributed by atoms with Gasteiger partial charge in [-0.2, -0.15) is 5.10 Å². The molecule has 2 aromatic carbocycles. The summed E-state index contributed by atoms with van der Waals surface area (Å²) < 4.78 is 12.0. The van der Waals surface area contributed by atoms with E-state index < -0.39 is 0 Å². The van der Waals surface area contributed by atoms with Crippen molar-refractivity contribution in [3.05, 3.63) is 59.6 Å². The predicted octanol–water partition coefficient (Wildman–Crippen LogP) is 3.12. The van der Waals surface area contributed by atoms with Crippen molar-refractivity contribution in [1.82, 2.24) is 14.8 Å². The fourth-order valence-electron chi connectivity index (χ4n) is 2.56. The SMILES string of the molecule is COc1ccc(OC)c(CC(=O)Nc2cccc(Cl)c2-n2cncn2)c1. The number of carbonyl (C=O) groups excluding carboxylic acids is 1. The summed E-state index contributed by atoms with van der Waals surface area (Å²) in [6.07, 6.45) is 3.03. The number of nitrogens with zero attached hydrogens (tertiary/aromatic N) is 3. The molecule has 7 nitrogen and oxygen atoms in total. The van der Waals surface area contributed by atoms with E-state index in [1.165, 1.54) is 17.3 Å². The lowest BCUT2D eigenvalue weighted by atomic mass is 10.1. The van der Waals surface area contributed by atoms with E-state index in [0.29, 0.717) is 33.5 Å². The molecule has 0 spiro atoms. The van der Waals surface area contributed by atoms with E-state index in [2.05, 4.69) is 15.4 Å². The Hall–Kier alpha value is -3.06. The van der Waals surface area contributed by atoms with Gasteiger partial charge in [0.15, 0.2) is 0 Å². The van der Waals surface area contributed by atoms with Gasteiger partial charge in [0.25, 0.3) is 0 Å². The molecule has 0 aliphatic heterocycles. The normalized spacial score (nSPS) is 10.4. The molecular formula is C18H17ClN4O3. The Balaban J connectivity index is 1.85. The second-order valence-electron chi connectivity index (χ2n) is 5.38. The number of methoxy groups -OCH3 is 2. The van der Waals surface area contributed by atoms with Crippen molar-refractivity contribution in [3.63, 3.8) is 0 Å². The van der Waals surface area contributed by atoms with Crippen molar-refractivity contribution in [1.29, 1.82) is 0 Å². The van der Waals surface area contributed by atoms with Crippen LogP contribution in [0.3, 0.4) is 0 Å². The molecule has 134 valence electrons. The van der Waals surface area contributed by atoms with Crippen molar-refractivity contribution >= 4 is 23.2 Å². The smallest absolute Gasteiger partial charge is 0.229 e. The van der Waals surface area contributed by atoms with Crippen LogP contribution in [0.5, 0.6) is 11.5 Å². The molecule has 0 fully saturated rings. The van der Waals surface area contributed by atoms with Crippen LogP contribution in [0.2, 0.25) is 5.02 Å². The third-order valence-corrected chi connectivity index (χ3v) is 4.05. The second-order valence-corrected chi connectivity index (χ2v) is 5.79. The summed E-state index contributed by atoms with van der Waals surface area (Å²) in [5.41, 5.74) is 1.81. The molecule has 0 bridgehead atoms. The third kappa shape index (κ3) is 3.78. The maximum atomic E-state index is 12.6. The number of ether oxygens (including phenoxy) is 2. The van der Waals surface area contributed by atoms with Crippen molar-refractivity contribution in [2.45, 2.75) is 6.42 Å². The quantitative estimate of drug-likeness (QED) is 0.719. The summed E-state index contributed by atoms with van der Waals surface area (Å²) >= 11 is 6.28. The monoisotopic (exact) mass is 372 g/mol. The van der Waals surface area contributed by atoms with Crippen LogP contribution >= 0.6 is 11.6 Å². The highest BCUT2D eigenvalue weighted by Gasteiger charge is 2.15.